The molecule has 0 radical (unpaired) electrons. The molecular weight excluding hydrogens is 242 g/mol. The number of carbonyl (C=O) groups is 1. The van der Waals surface area contributed by atoms with E-state index in [9.17, 15) is 4.79 Å². The van der Waals surface area contributed by atoms with Gasteiger partial charge in [0.2, 0.25) is 0 Å². The van der Waals surface area contributed by atoms with E-state index in [2.05, 4.69) is 22.8 Å². The Hall–Kier alpha value is -1.75. The van der Waals surface area contributed by atoms with E-state index in [-0.39, 0.29) is 6.03 Å². The molecule has 1 fully saturated rings. The number of anilines is 1. The van der Waals surface area contributed by atoms with Gasteiger partial charge in [0.1, 0.15) is 0 Å². The van der Waals surface area contributed by atoms with Crippen molar-refractivity contribution in [2.75, 3.05) is 45.2 Å². The van der Waals surface area contributed by atoms with Crippen molar-refractivity contribution >= 4 is 11.7 Å². The number of hydrogen-bond acceptors (Lipinski definition) is 3. The molecule has 2 rings (SSSR count). The van der Waals surface area contributed by atoms with Gasteiger partial charge in [-0.05, 0) is 18.1 Å². The third-order valence-corrected chi connectivity index (χ3v) is 3.24. The molecule has 1 aromatic rings. The number of methoxy groups -OCH3 is 1. The van der Waals surface area contributed by atoms with Crippen molar-refractivity contribution in [2.45, 2.75) is 6.42 Å². The van der Waals surface area contributed by atoms with Crippen LogP contribution >= 0.6 is 0 Å². The zero-order chi connectivity index (χ0) is 13.5. The number of benzene rings is 1. The maximum atomic E-state index is 11.4. The van der Waals surface area contributed by atoms with Gasteiger partial charge in [-0.2, -0.15) is 0 Å². The Kier molecular flexibility index (Phi) is 5.03. The molecule has 1 saturated heterocycles. The Morgan fingerprint density at radius 2 is 2.26 bits per heavy atom. The average molecular weight is 263 g/mol. The number of rotatable bonds is 7. The smallest absolute Gasteiger partial charge is 0.317 e. The van der Waals surface area contributed by atoms with Crippen molar-refractivity contribution in [2.24, 2.45) is 0 Å². The third-order valence-electron chi connectivity index (χ3n) is 3.24. The molecule has 1 aromatic carbocycles. The number of para-hydroxylation sites is 1. The normalized spacial score (nSPS) is 14.6. The zero-order valence-electron chi connectivity index (χ0n) is 11.3. The number of nitrogens with zero attached hydrogens (tertiary/aromatic N) is 1. The van der Waals surface area contributed by atoms with E-state index in [4.69, 9.17) is 4.74 Å². The van der Waals surface area contributed by atoms with E-state index in [1.807, 2.05) is 17.0 Å². The quantitative estimate of drug-likeness (QED) is 0.780. The minimum absolute atomic E-state index is 0.0365. The fourth-order valence-electron chi connectivity index (χ4n) is 2.17. The highest BCUT2D eigenvalue weighted by Crippen LogP contribution is 2.15. The molecule has 0 aromatic heterocycles. The SMILES string of the molecule is COCCc1ccccc1NCCN1CCNC1=O. The van der Waals surface area contributed by atoms with E-state index >= 15 is 0 Å². The Balaban J connectivity index is 1.83. The van der Waals surface area contributed by atoms with Crippen molar-refractivity contribution in [3.63, 3.8) is 0 Å². The van der Waals surface area contributed by atoms with Crippen molar-refractivity contribution in [1.29, 1.82) is 0 Å². The first-order valence-corrected chi connectivity index (χ1v) is 6.65. The third kappa shape index (κ3) is 3.86. The predicted octanol–water partition coefficient (Wildman–Crippen LogP) is 1.31. The summed E-state index contributed by atoms with van der Waals surface area (Å²) in [6, 6.07) is 8.25. The van der Waals surface area contributed by atoms with Gasteiger partial charge in [0.25, 0.3) is 0 Å². The molecule has 0 bridgehead atoms. The van der Waals surface area contributed by atoms with Crippen LogP contribution in [0.1, 0.15) is 5.56 Å². The number of hydrogen-bond donors (Lipinski definition) is 2. The van der Waals surface area contributed by atoms with Crippen LogP contribution in [0, 0.1) is 0 Å². The van der Waals surface area contributed by atoms with Crippen LogP contribution < -0.4 is 10.6 Å². The summed E-state index contributed by atoms with van der Waals surface area (Å²) in [5.41, 5.74) is 2.37. The van der Waals surface area contributed by atoms with Crippen molar-refractivity contribution < 1.29 is 9.53 Å². The number of amides is 2. The summed E-state index contributed by atoms with van der Waals surface area (Å²) in [6.07, 6.45) is 0.893. The summed E-state index contributed by atoms with van der Waals surface area (Å²) in [4.78, 5) is 13.2. The molecule has 104 valence electrons. The Bertz CT molecular complexity index is 423. The summed E-state index contributed by atoms with van der Waals surface area (Å²) in [5.74, 6) is 0. The zero-order valence-corrected chi connectivity index (χ0v) is 11.3. The maximum Gasteiger partial charge on any atom is 0.317 e. The lowest BCUT2D eigenvalue weighted by Gasteiger charge is -2.16. The molecule has 1 aliphatic rings. The molecule has 2 N–H and O–H groups in total. The molecule has 0 aliphatic carbocycles. The van der Waals surface area contributed by atoms with E-state index in [0.717, 1.165) is 38.3 Å². The molecule has 0 spiro atoms. The first kappa shape index (κ1) is 13.7. The summed E-state index contributed by atoms with van der Waals surface area (Å²) in [6.45, 7) is 3.75. The number of nitrogens with one attached hydrogen (secondary N) is 2. The number of ether oxygens (including phenoxy) is 1. The molecule has 5 heteroatoms. The number of carbonyl (C=O) groups excluding carboxylic acids is 1. The van der Waals surface area contributed by atoms with Crippen LogP contribution in [0.4, 0.5) is 10.5 Å². The van der Waals surface area contributed by atoms with Crippen molar-refractivity contribution in [3.8, 4) is 0 Å². The molecule has 5 nitrogen and oxygen atoms in total. The highest BCUT2D eigenvalue weighted by Gasteiger charge is 2.18. The van der Waals surface area contributed by atoms with Gasteiger partial charge < -0.3 is 20.3 Å². The van der Waals surface area contributed by atoms with Crippen LogP contribution in [0.2, 0.25) is 0 Å². The van der Waals surface area contributed by atoms with Crippen LogP contribution in [-0.2, 0) is 11.2 Å². The van der Waals surface area contributed by atoms with Gasteiger partial charge in [-0.15, -0.1) is 0 Å². The predicted molar refractivity (Wildman–Crippen MR) is 75.5 cm³/mol. The molecule has 0 unspecified atom stereocenters. The summed E-state index contributed by atoms with van der Waals surface area (Å²) >= 11 is 0. The van der Waals surface area contributed by atoms with Crippen molar-refractivity contribution in [1.82, 2.24) is 10.2 Å². The summed E-state index contributed by atoms with van der Waals surface area (Å²) < 4.78 is 5.11. The van der Waals surface area contributed by atoms with E-state index in [0.29, 0.717) is 6.61 Å². The lowest BCUT2D eigenvalue weighted by molar-refractivity contribution is 0.202. The molecule has 1 heterocycles. The van der Waals surface area contributed by atoms with Crippen LogP contribution in [-0.4, -0.2) is 50.8 Å². The minimum Gasteiger partial charge on any atom is -0.384 e. The molecule has 0 saturated carbocycles. The molecule has 2 amide bonds. The molecule has 0 atom stereocenters. The van der Waals surface area contributed by atoms with Gasteiger partial charge in [0.15, 0.2) is 0 Å². The Morgan fingerprint density at radius 1 is 1.42 bits per heavy atom. The Morgan fingerprint density at radius 3 is 3.00 bits per heavy atom. The summed E-state index contributed by atoms with van der Waals surface area (Å²) in [7, 11) is 1.71. The van der Waals surface area contributed by atoms with Crippen LogP contribution in [0.5, 0.6) is 0 Å². The monoisotopic (exact) mass is 263 g/mol. The minimum atomic E-state index is 0.0365. The van der Waals surface area contributed by atoms with Gasteiger partial charge >= 0.3 is 6.03 Å². The van der Waals surface area contributed by atoms with E-state index in [1.54, 1.807) is 7.11 Å². The standard InChI is InChI=1S/C14H21N3O2/c1-19-11-6-12-4-2-3-5-13(12)15-7-9-17-10-8-16-14(17)18/h2-5,15H,6-11H2,1H3,(H,16,18). The second-order valence-corrected chi connectivity index (χ2v) is 4.55. The highest BCUT2D eigenvalue weighted by atomic mass is 16.5. The topological polar surface area (TPSA) is 53.6 Å². The van der Waals surface area contributed by atoms with Crippen molar-refractivity contribution in [3.05, 3.63) is 29.8 Å². The van der Waals surface area contributed by atoms with Gasteiger partial charge in [-0.25, -0.2) is 4.79 Å². The number of urea groups is 1. The molecule has 19 heavy (non-hydrogen) atoms. The maximum absolute atomic E-state index is 11.4. The largest absolute Gasteiger partial charge is 0.384 e. The van der Waals surface area contributed by atoms with Crippen LogP contribution in [0.25, 0.3) is 0 Å². The second kappa shape index (κ2) is 6.99. The first-order chi connectivity index (χ1) is 9.31. The van der Waals surface area contributed by atoms with Crippen LogP contribution in [0.3, 0.4) is 0 Å². The van der Waals surface area contributed by atoms with E-state index < -0.39 is 0 Å². The first-order valence-electron chi connectivity index (χ1n) is 6.65. The van der Waals surface area contributed by atoms with Gasteiger partial charge in [0, 0.05) is 39.0 Å². The fraction of sp³-hybridized carbons (Fsp3) is 0.500. The van der Waals surface area contributed by atoms with E-state index in [1.165, 1.54) is 5.56 Å². The summed E-state index contributed by atoms with van der Waals surface area (Å²) in [5, 5.41) is 6.19. The molecular formula is C14H21N3O2. The Labute approximate surface area is 113 Å². The molecule has 1 aliphatic heterocycles. The van der Waals surface area contributed by atoms with Gasteiger partial charge in [-0.1, -0.05) is 18.2 Å². The average Bonchev–Trinajstić information content (AvgIpc) is 2.83. The second-order valence-electron chi connectivity index (χ2n) is 4.55. The van der Waals surface area contributed by atoms with Crippen LogP contribution in [0.15, 0.2) is 24.3 Å². The lowest BCUT2D eigenvalue weighted by Crippen LogP contribution is -2.32. The van der Waals surface area contributed by atoms with Gasteiger partial charge in [-0.3, -0.25) is 0 Å². The van der Waals surface area contributed by atoms with Gasteiger partial charge in [0.05, 0.1) is 6.61 Å². The highest BCUT2D eigenvalue weighted by molar-refractivity contribution is 5.76. The fourth-order valence-corrected chi connectivity index (χ4v) is 2.17. The lowest BCUT2D eigenvalue weighted by atomic mass is 10.1.